The summed E-state index contributed by atoms with van der Waals surface area (Å²) in [5.74, 6) is 0.938. The van der Waals surface area contributed by atoms with Gasteiger partial charge in [0.15, 0.2) is 0 Å². The number of hydrogen-bond acceptors (Lipinski definition) is 2. The molecular weight excluding hydrogens is 256 g/mol. The fourth-order valence-electron chi connectivity index (χ4n) is 3.95. The number of nitrogens with one attached hydrogen (secondary N) is 1. The molecule has 2 aliphatic rings. The van der Waals surface area contributed by atoms with Gasteiger partial charge in [0.25, 0.3) is 0 Å². The van der Waals surface area contributed by atoms with E-state index < -0.39 is 0 Å². The Morgan fingerprint density at radius 1 is 1.00 bits per heavy atom. The highest BCUT2D eigenvalue weighted by atomic mass is 15.1. The average Bonchev–Trinajstić information content (AvgIpc) is 2.93. The minimum atomic E-state index is 0.772. The summed E-state index contributed by atoms with van der Waals surface area (Å²) < 4.78 is 0. The molecule has 1 saturated carbocycles. The van der Waals surface area contributed by atoms with Crippen molar-refractivity contribution in [3.8, 4) is 0 Å². The predicted octanol–water partition coefficient (Wildman–Crippen LogP) is 3.47. The first-order chi connectivity index (χ1) is 10.3. The number of likely N-dealkylation sites (tertiary alicyclic amines) is 1. The molecule has 116 valence electrons. The third-order valence-electron chi connectivity index (χ3n) is 5.31. The molecule has 2 unspecified atom stereocenters. The van der Waals surface area contributed by atoms with Gasteiger partial charge in [-0.2, -0.15) is 0 Å². The van der Waals surface area contributed by atoms with E-state index in [0.29, 0.717) is 0 Å². The average molecular weight is 286 g/mol. The molecule has 21 heavy (non-hydrogen) atoms. The van der Waals surface area contributed by atoms with Crippen LogP contribution < -0.4 is 5.32 Å². The summed E-state index contributed by atoms with van der Waals surface area (Å²) in [6.45, 7) is 6.16. The molecule has 1 aromatic rings. The molecule has 1 N–H and O–H groups in total. The molecule has 2 nitrogen and oxygen atoms in total. The lowest BCUT2D eigenvalue weighted by Gasteiger charge is -2.34. The van der Waals surface area contributed by atoms with Crippen molar-refractivity contribution in [2.75, 3.05) is 19.6 Å². The first-order valence-corrected chi connectivity index (χ1v) is 8.82. The SMILES string of the molecule is CC1CCC(NC2CCN(CCc3ccccc3)CC2)C1. The van der Waals surface area contributed by atoms with Gasteiger partial charge < -0.3 is 10.2 Å². The van der Waals surface area contributed by atoms with Crippen LogP contribution in [0.2, 0.25) is 0 Å². The van der Waals surface area contributed by atoms with Crippen molar-refractivity contribution in [2.24, 2.45) is 5.92 Å². The molecule has 0 bridgehead atoms. The number of nitrogens with zero attached hydrogens (tertiary/aromatic N) is 1. The van der Waals surface area contributed by atoms with E-state index in [1.54, 1.807) is 0 Å². The van der Waals surface area contributed by atoms with Crippen LogP contribution in [0.3, 0.4) is 0 Å². The minimum absolute atomic E-state index is 0.772. The zero-order chi connectivity index (χ0) is 14.5. The quantitative estimate of drug-likeness (QED) is 0.891. The van der Waals surface area contributed by atoms with Crippen molar-refractivity contribution < 1.29 is 0 Å². The number of benzene rings is 1. The number of rotatable bonds is 5. The number of piperidine rings is 1. The number of hydrogen-bond donors (Lipinski definition) is 1. The molecule has 3 rings (SSSR count). The molecule has 1 saturated heterocycles. The maximum Gasteiger partial charge on any atom is 0.00940 e. The van der Waals surface area contributed by atoms with E-state index >= 15 is 0 Å². The van der Waals surface area contributed by atoms with Gasteiger partial charge in [0.2, 0.25) is 0 Å². The first-order valence-electron chi connectivity index (χ1n) is 8.82. The van der Waals surface area contributed by atoms with Crippen LogP contribution in [0.4, 0.5) is 0 Å². The molecule has 0 spiro atoms. The Morgan fingerprint density at radius 3 is 2.43 bits per heavy atom. The minimum Gasteiger partial charge on any atom is -0.311 e. The summed E-state index contributed by atoms with van der Waals surface area (Å²) in [5.41, 5.74) is 1.47. The normalized spacial score (nSPS) is 28.0. The van der Waals surface area contributed by atoms with Crippen LogP contribution in [0.1, 0.15) is 44.6 Å². The fraction of sp³-hybridized carbons (Fsp3) is 0.684. The van der Waals surface area contributed by atoms with Crippen LogP contribution >= 0.6 is 0 Å². The Labute approximate surface area is 129 Å². The lowest BCUT2D eigenvalue weighted by atomic mass is 10.0. The Bertz CT molecular complexity index is 409. The van der Waals surface area contributed by atoms with Crippen LogP contribution in [-0.2, 0) is 6.42 Å². The molecule has 0 radical (unpaired) electrons. The summed E-state index contributed by atoms with van der Waals surface area (Å²) in [5, 5.41) is 3.92. The van der Waals surface area contributed by atoms with Crippen molar-refractivity contribution in [3.05, 3.63) is 35.9 Å². The lowest BCUT2D eigenvalue weighted by molar-refractivity contribution is 0.192. The summed E-state index contributed by atoms with van der Waals surface area (Å²) in [6.07, 6.45) is 8.08. The summed E-state index contributed by atoms with van der Waals surface area (Å²) >= 11 is 0. The van der Waals surface area contributed by atoms with Gasteiger partial charge in [-0.3, -0.25) is 0 Å². The molecule has 2 atom stereocenters. The summed E-state index contributed by atoms with van der Waals surface area (Å²) in [4.78, 5) is 2.64. The van der Waals surface area contributed by atoms with Gasteiger partial charge in [-0.15, -0.1) is 0 Å². The molecule has 0 amide bonds. The molecule has 1 aromatic carbocycles. The summed E-state index contributed by atoms with van der Waals surface area (Å²) in [7, 11) is 0. The fourth-order valence-corrected chi connectivity index (χ4v) is 3.95. The van der Waals surface area contributed by atoms with E-state index in [1.807, 2.05) is 0 Å². The van der Waals surface area contributed by atoms with Gasteiger partial charge >= 0.3 is 0 Å². The second-order valence-corrected chi connectivity index (χ2v) is 7.13. The highest BCUT2D eigenvalue weighted by Gasteiger charge is 2.25. The van der Waals surface area contributed by atoms with Crippen molar-refractivity contribution >= 4 is 0 Å². The first kappa shape index (κ1) is 15.1. The molecule has 2 heteroatoms. The molecule has 0 aromatic heterocycles. The molecular formula is C19H30N2. The predicted molar refractivity (Wildman–Crippen MR) is 89.5 cm³/mol. The van der Waals surface area contributed by atoms with Gasteiger partial charge in [0.05, 0.1) is 0 Å². The standard InChI is InChI=1S/C19H30N2/c1-16-7-8-19(15-16)20-18-10-13-21(14-11-18)12-9-17-5-3-2-4-6-17/h2-6,16,18-20H,7-15H2,1H3. The van der Waals surface area contributed by atoms with Crippen LogP contribution in [0.5, 0.6) is 0 Å². The smallest absolute Gasteiger partial charge is 0.00940 e. The topological polar surface area (TPSA) is 15.3 Å². The van der Waals surface area contributed by atoms with Gasteiger partial charge in [-0.25, -0.2) is 0 Å². The van der Waals surface area contributed by atoms with E-state index in [-0.39, 0.29) is 0 Å². The van der Waals surface area contributed by atoms with Crippen molar-refractivity contribution in [2.45, 2.75) is 57.5 Å². The second-order valence-electron chi connectivity index (χ2n) is 7.13. The molecule has 1 heterocycles. The van der Waals surface area contributed by atoms with Crippen molar-refractivity contribution in [1.29, 1.82) is 0 Å². The van der Waals surface area contributed by atoms with Crippen LogP contribution in [0.25, 0.3) is 0 Å². The highest BCUT2D eigenvalue weighted by Crippen LogP contribution is 2.26. The zero-order valence-electron chi connectivity index (χ0n) is 13.4. The Hall–Kier alpha value is -0.860. The lowest BCUT2D eigenvalue weighted by Crippen LogP contribution is -2.46. The Kier molecular flexibility index (Phi) is 5.32. The van der Waals surface area contributed by atoms with Crippen LogP contribution in [-0.4, -0.2) is 36.6 Å². The van der Waals surface area contributed by atoms with Crippen molar-refractivity contribution in [1.82, 2.24) is 10.2 Å². The van der Waals surface area contributed by atoms with Gasteiger partial charge in [-0.1, -0.05) is 37.3 Å². The van der Waals surface area contributed by atoms with E-state index in [0.717, 1.165) is 18.0 Å². The monoisotopic (exact) mass is 286 g/mol. The van der Waals surface area contributed by atoms with Gasteiger partial charge in [0, 0.05) is 18.6 Å². The highest BCUT2D eigenvalue weighted by molar-refractivity contribution is 5.14. The zero-order valence-corrected chi connectivity index (χ0v) is 13.4. The maximum atomic E-state index is 3.92. The molecule has 1 aliphatic heterocycles. The van der Waals surface area contributed by atoms with Crippen LogP contribution in [0.15, 0.2) is 30.3 Å². The molecule has 2 fully saturated rings. The van der Waals surface area contributed by atoms with E-state index in [1.165, 1.54) is 63.7 Å². The Morgan fingerprint density at radius 2 is 1.76 bits per heavy atom. The van der Waals surface area contributed by atoms with Gasteiger partial charge in [-0.05, 0) is 63.1 Å². The molecule has 1 aliphatic carbocycles. The summed E-state index contributed by atoms with van der Waals surface area (Å²) in [6, 6.07) is 12.5. The Balaban J connectivity index is 1.35. The van der Waals surface area contributed by atoms with E-state index in [9.17, 15) is 0 Å². The van der Waals surface area contributed by atoms with E-state index in [4.69, 9.17) is 0 Å². The van der Waals surface area contributed by atoms with Crippen LogP contribution in [0, 0.1) is 5.92 Å². The van der Waals surface area contributed by atoms with E-state index in [2.05, 4.69) is 47.5 Å². The maximum absolute atomic E-state index is 3.92. The second kappa shape index (κ2) is 7.42. The third kappa shape index (κ3) is 4.55. The largest absolute Gasteiger partial charge is 0.311 e. The van der Waals surface area contributed by atoms with Crippen molar-refractivity contribution in [3.63, 3.8) is 0 Å². The van der Waals surface area contributed by atoms with Gasteiger partial charge in [0.1, 0.15) is 0 Å². The third-order valence-corrected chi connectivity index (χ3v) is 5.31.